The largest absolute Gasteiger partial charge is 0.333 e. The maximum Gasteiger partial charge on any atom is 0.333 e. The zero-order valence-corrected chi connectivity index (χ0v) is 11.6. The molecule has 0 heterocycles. The van der Waals surface area contributed by atoms with Crippen LogP contribution in [0.1, 0.15) is 46.0 Å². The molecule has 0 spiro atoms. The van der Waals surface area contributed by atoms with E-state index in [4.69, 9.17) is 9.79 Å². The predicted molar refractivity (Wildman–Crippen MR) is 64.8 cm³/mol. The summed E-state index contributed by atoms with van der Waals surface area (Å²) >= 11 is 0. The molecule has 0 atom stereocenters. The van der Waals surface area contributed by atoms with Gasteiger partial charge in [-0.25, -0.2) is 0 Å². The smallest absolute Gasteiger partial charge is 0.324 e. The molecular weight excluding hydrogens is 265 g/mol. The van der Waals surface area contributed by atoms with Gasteiger partial charge in [0.05, 0.1) is 0 Å². The van der Waals surface area contributed by atoms with Gasteiger partial charge in [-0.2, -0.15) is 8.78 Å². The van der Waals surface area contributed by atoms with Gasteiger partial charge in [-0.3, -0.25) is 9.36 Å². The number of halogens is 2. The van der Waals surface area contributed by atoms with Crippen molar-refractivity contribution in [1.29, 1.82) is 0 Å². The van der Waals surface area contributed by atoms with E-state index in [1.807, 2.05) is 13.8 Å². The van der Waals surface area contributed by atoms with Crippen molar-refractivity contribution in [3.63, 3.8) is 0 Å². The van der Waals surface area contributed by atoms with Crippen LogP contribution in [-0.2, 0) is 9.36 Å². The lowest BCUT2D eigenvalue weighted by molar-refractivity contribution is -0.141. The lowest BCUT2D eigenvalue weighted by atomic mass is 10.0. The van der Waals surface area contributed by atoms with Crippen molar-refractivity contribution in [1.82, 2.24) is 0 Å². The lowest BCUT2D eigenvalue weighted by Gasteiger charge is -2.15. The Labute approximate surface area is 106 Å². The predicted octanol–water partition coefficient (Wildman–Crippen LogP) is 2.98. The van der Waals surface area contributed by atoms with Gasteiger partial charge >= 0.3 is 13.5 Å². The summed E-state index contributed by atoms with van der Waals surface area (Å²) in [4.78, 5) is 28.0. The summed E-state index contributed by atoms with van der Waals surface area (Å²) in [6.07, 6.45) is 0.530. The summed E-state index contributed by atoms with van der Waals surface area (Å²) in [5.74, 6) is -4.78. The van der Waals surface area contributed by atoms with Crippen molar-refractivity contribution in [2.75, 3.05) is 6.16 Å². The van der Waals surface area contributed by atoms with E-state index in [0.717, 1.165) is 12.8 Å². The Balaban J connectivity index is 4.00. The van der Waals surface area contributed by atoms with Gasteiger partial charge in [0.1, 0.15) is 6.16 Å². The number of ketones is 1. The Kier molecular flexibility index (Phi) is 7.18. The Morgan fingerprint density at radius 1 is 1.22 bits per heavy atom. The van der Waals surface area contributed by atoms with Crippen molar-refractivity contribution in [2.24, 2.45) is 5.92 Å². The van der Waals surface area contributed by atoms with Crippen molar-refractivity contribution in [3.05, 3.63) is 0 Å². The van der Waals surface area contributed by atoms with Gasteiger partial charge < -0.3 is 9.79 Å². The molecular formula is C11H21F2O4P. The summed E-state index contributed by atoms with van der Waals surface area (Å²) < 4.78 is 37.0. The van der Waals surface area contributed by atoms with Crippen LogP contribution in [-0.4, -0.2) is 27.7 Å². The van der Waals surface area contributed by atoms with Crippen molar-refractivity contribution in [2.45, 2.75) is 51.9 Å². The van der Waals surface area contributed by atoms with Gasteiger partial charge in [-0.05, 0) is 12.3 Å². The first-order valence-electron chi connectivity index (χ1n) is 6.00. The molecule has 0 saturated carbocycles. The molecule has 0 amide bonds. The summed E-state index contributed by atoms with van der Waals surface area (Å²) in [7, 11) is -4.71. The molecule has 0 aromatic carbocycles. The van der Waals surface area contributed by atoms with Crippen LogP contribution >= 0.6 is 7.60 Å². The molecule has 0 bridgehead atoms. The lowest BCUT2D eigenvalue weighted by Crippen LogP contribution is -2.31. The van der Waals surface area contributed by atoms with Crippen LogP contribution in [0.4, 0.5) is 8.78 Å². The molecule has 7 heteroatoms. The van der Waals surface area contributed by atoms with Gasteiger partial charge in [-0.15, -0.1) is 0 Å². The van der Waals surface area contributed by atoms with Gasteiger partial charge in [0.25, 0.3) is 0 Å². The summed E-state index contributed by atoms with van der Waals surface area (Å²) in [5, 5.41) is 0. The third kappa shape index (κ3) is 8.72. The number of hydrogen-bond donors (Lipinski definition) is 2. The molecule has 0 aliphatic rings. The molecule has 0 unspecified atom stereocenters. The van der Waals surface area contributed by atoms with Crippen LogP contribution in [0.5, 0.6) is 0 Å². The molecule has 0 radical (unpaired) electrons. The number of rotatable bonds is 9. The average Bonchev–Trinajstić information content (AvgIpc) is 2.13. The average molecular weight is 286 g/mol. The number of hydrogen-bond acceptors (Lipinski definition) is 2. The van der Waals surface area contributed by atoms with Crippen molar-refractivity contribution < 1.29 is 27.9 Å². The number of carbonyl (C=O) groups is 1. The molecule has 18 heavy (non-hydrogen) atoms. The fourth-order valence-corrected chi connectivity index (χ4v) is 2.12. The summed E-state index contributed by atoms with van der Waals surface area (Å²) in [6, 6.07) is 0. The van der Waals surface area contributed by atoms with E-state index >= 15 is 0 Å². The number of unbranched alkanes of at least 4 members (excludes halogenated alkanes) is 2. The molecule has 4 nitrogen and oxygen atoms in total. The molecule has 0 aromatic heterocycles. The molecule has 2 N–H and O–H groups in total. The summed E-state index contributed by atoms with van der Waals surface area (Å²) in [6.45, 7) is 4.08. The highest BCUT2D eigenvalue weighted by Gasteiger charge is 2.40. The normalized spacial score (nSPS) is 13.1. The number of carbonyl (C=O) groups excluding carboxylic acids is 1. The van der Waals surface area contributed by atoms with Crippen molar-refractivity contribution in [3.8, 4) is 0 Å². The second kappa shape index (κ2) is 7.31. The molecule has 0 fully saturated rings. The molecule has 108 valence electrons. The quantitative estimate of drug-likeness (QED) is 0.505. The SMILES string of the molecule is CC(C)CCCCCC(F)(F)C(=O)CP(=O)(O)O. The van der Waals surface area contributed by atoms with E-state index in [1.54, 1.807) is 0 Å². The fraction of sp³-hybridized carbons (Fsp3) is 0.909. The second-order valence-corrected chi connectivity index (χ2v) is 6.59. The highest BCUT2D eigenvalue weighted by molar-refractivity contribution is 7.52. The Hall–Kier alpha value is -0.320. The van der Waals surface area contributed by atoms with Crippen LogP contribution in [0, 0.1) is 5.92 Å². The minimum absolute atomic E-state index is 0.187. The molecule has 0 saturated heterocycles. The first kappa shape index (κ1) is 17.7. The zero-order valence-electron chi connectivity index (χ0n) is 10.7. The minimum atomic E-state index is -4.71. The minimum Gasteiger partial charge on any atom is -0.324 e. The Morgan fingerprint density at radius 3 is 2.22 bits per heavy atom. The Bertz CT molecular complexity index is 312. The van der Waals surface area contributed by atoms with Crippen LogP contribution < -0.4 is 0 Å². The molecule has 0 rings (SSSR count). The van der Waals surface area contributed by atoms with E-state index in [0.29, 0.717) is 12.3 Å². The maximum atomic E-state index is 13.2. The van der Waals surface area contributed by atoms with Crippen LogP contribution in [0.15, 0.2) is 0 Å². The van der Waals surface area contributed by atoms with E-state index in [-0.39, 0.29) is 6.42 Å². The third-order valence-electron chi connectivity index (χ3n) is 2.53. The van der Waals surface area contributed by atoms with Gasteiger partial charge in [-0.1, -0.05) is 33.1 Å². The number of Topliss-reactive ketones (excluding diaryl/α,β-unsaturated/α-hetero) is 1. The van der Waals surface area contributed by atoms with Crippen LogP contribution in [0.25, 0.3) is 0 Å². The first-order chi connectivity index (χ1) is 8.04. The molecule has 0 aromatic rings. The van der Waals surface area contributed by atoms with Crippen LogP contribution in [0.2, 0.25) is 0 Å². The van der Waals surface area contributed by atoms with Crippen molar-refractivity contribution >= 4 is 13.4 Å². The topological polar surface area (TPSA) is 74.6 Å². The van der Waals surface area contributed by atoms with Gasteiger partial charge in [0.2, 0.25) is 5.78 Å². The second-order valence-electron chi connectivity index (χ2n) is 4.94. The summed E-state index contributed by atoms with van der Waals surface area (Å²) in [5.41, 5.74) is 0. The highest BCUT2D eigenvalue weighted by atomic mass is 31.2. The van der Waals surface area contributed by atoms with E-state index < -0.39 is 31.9 Å². The first-order valence-corrected chi connectivity index (χ1v) is 7.80. The molecule has 0 aliphatic carbocycles. The molecule has 0 aliphatic heterocycles. The zero-order chi connectivity index (χ0) is 14.4. The highest BCUT2D eigenvalue weighted by Crippen LogP contribution is 2.37. The maximum absolute atomic E-state index is 13.2. The monoisotopic (exact) mass is 286 g/mol. The third-order valence-corrected chi connectivity index (χ3v) is 3.23. The van der Waals surface area contributed by atoms with Crippen LogP contribution in [0.3, 0.4) is 0 Å². The van der Waals surface area contributed by atoms with Gasteiger partial charge in [0, 0.05) is 6.42 Å². The fourth-order valence-electron chi connectivity index (χ4n) is 1.52. The number of alkyl halides is 2. The van der Waals surface area contributed by atoms with E-state index in [1.165, 1.54) is 0 Å². The van der Waals surface area contributed by atoms with Gasteiger partial charge in [0.15, 0.2) is 0 Å². The Morgan fingerprint density at radius 2 is 1.78 bits per heavy atom. The standard InChI is InChI=1S/C11H21F2O4P/c1-9(2)6-4-3-5-7-11(12,13)10(14)8-18(15,16)17/h9H,3-8H2,1-2H3,(H2,15,16,17). The van der Waals surface area contributed by atoms with E-state index in [2.05, 4.69) is 0 Å². The van der Waals surface area contributed by atoms with E-state index in [9.17, 15) is 18.1 Å².